The number of likely N-dealkylation sites (N-methyl/N-ethyl adjacent to an activating group) is 1. The second-order valence-electron chi connectivity index (χ2n) is 6.94. The van der Waals surface area contributed by atoms with Crippen LogP contribution in [-0.4, -0.2) is 64.2 Å². The fourth-order valence-corrected chi connectivity index (χ4v) is 4.14. The first-order valence-electron chi connectivity index (χ1n) is 8.61. The van der Waals surface area contributed by atoms with Crippen LogP contribution in [0.2, 0.25) is 5.02 Å². The Morgan fingerprint density at radius 1 is 1.30 bits per heavy atom. The highest BCUT2D eigenvalue weighted by Gasteiger charge is 2.48. The van der Waals surface area contributed by atoms with Crippen LogP contribution in [0, 0.1) is 5.92 Å². The van der Waals surface area contributed by atoms with E-state index in [-0.39, 0.29) is 23.4 Å². The second kappa shape index (κ2) is 7.90. The molecule has 0 bridgehead atoms. The van der Waals surface area contributed by atoms with Gasteiger partial charge in [0.2, 0.25) is 0 Å². The second-order valence-corrected chi connectivity index (χ2v) is 8.32. The monoisotopic (exact) mass is 408 g/mol. The SMILES string of the molecule is CC(C)CN1C(SCC(=O)c2ccc(Cl)cc2)=NC2C1C(=O)NC(=O)N2C. The van der Waals surface area contributed by atoms with Crippen LogP contribution in [-0.2, 0) is 4.79 Å². The quantitative estimate of drug-likeness (QED) is 0.757. The summed E-state index contributed by atoms with van der Waals surface area (Å²) in [5.74, 6) is 0.0744. The summed E-state index contributed by atoms with van der Waals surface area (Å²) in [6.07, 6.45) is -0.571. The van der Waals surface area contributed by atoms with Crippen LogP contribution < -0.4 is 5.32 Å². The molecule has 2 aliphatic heterocycles. The van der Waals surface area contributed by atoms with Crippen molar-refractivity contribution >= 4 is 46.3 Å². The third-order valence-corrected chi connectivity index (χ3v) is 5.64. The number of rotatable bonds is 5. The minimum atomic E-state index is -0.571. The molecule has 1 saturated heterocycles. The van der Waals surface area contributed by atoms with Gasteiger partial charge in [0.25, 0.3) is 5.91 Å². The zero-order valence-corrected chi connectivity index (χ0v) is 16.9. The van der Waals surface area contributed by atoms with Crippen LogP contribution in [0.5, 0.6) is 0 Å². The minimum absolute atomic E-state index is 0.0485. The number of hydrogen-bond acceptors (Lipinski definition) is 6. The molecule has 2 atom stereocenters. The zero-order valence-electron chi connectivity index (χ0n) is 15.3. The number of amides is 3. The molecule has 7 nitrogen and oxygen atoms in total. The normalized spacial score (nSPS) is 22.0. The Balaban J connectivity index is 1.77. The number of fused-ring (bicyclic) bond motifs is 1. The largest absolute Gasteiger partial charge is 0.335 e. The summed E-state index contributed by atoms with van der Waals surface area (Å²) in [7, 11) is 1.61. The zero-order chi connectivity index (χ0) is 19.7. The van der Waals surface area contributed by atoms with Crippen molar-refractivity contribution < 1.29 is 14.4 Å². The van der Waals surface area contributed by atoms with Crippen molar-refractivity contribution in [1.29, 1.82) is 0 Å². The van der Waals surface area contributed by atoms with Gasteiger partial charge in [-0.2, -0.15) is 0 Å². The molecule has 3 amide bonds. The van der Waals surface area contributed by atoms with E-state index in [1.54, 1.807) is 31.3 Å². The number of aliphatic imine (C=N–C) groups is 1. The lowest BCUT2D eigenvalue weighted by Gasteiger charge is -2.36. The van der Waals surface area contributed by atoms with Crippen LogP contribution in [0.3, 0.4) is 0 Å². The van der Waals surface area contributed by atoms with Gasteiger partial charge in [-0.25, -0.2) is 9.79 Å². The standard InChI is InChI=1S/C18H21ClN4O3S/c1-10(2)8-23-14-15(22(3)17(26)21-16(14)25)20-18(23)27-9-13(24)11-4-6-12(19)7-5-11/h4-7,10,14-15H,8-9H2,1-3H3,(H,21,25,26). The van der Waals surface area contributed by atoms with Crippen molar-refractivity contribution in [2.75, 3.05) is 19.3 Å². The van der Waals surface area contributed by atoms with Crippen molar-refractivity contribution in [1.82, 2.24) is 15.1 Å². The predicted octanol–water partition coefficient (Wildman–Crippen LogP) is 2.46. The summed E-state index contributed by atoms with van der Waals surface area (Å²) >= 11 is 7.15. The van der Waals surface area contributed by atoms with Crippen LogP contribution >= 0.6 is 23.4 Å². The van der Waals surface area contributed by atoms with E-state index in [0.717, 1.165) is 0 Å². The average Bonchev–Trinajstić information content (AvgIpc) is 2.96. The molecule has 27 heavy (non-hydrogen) atoms. The Morgan fingerprint density at radius 2 is 1.96 bits per heavy atom. The number of imide groups is 1. The Labute approximate surface area is 167 Å². The van der Waals surface area contributed by atoms with Gasteiger partial charge < -0.3 is 9.80 Å². The molecule has 1 aromatic rings. The molecule has 1 N–H and O–H groups in total. The molecule has 2 unspecified atom stereocenters. The van der Waals surface area contributed by atoms with Crippen LogP contribution in [0.1, 0.15) is 24.2 Å². The Hall–Kier alpha value is -2.06. The van der Waals surface area contributed by atoms with Crippen LogP contribution in [0.4, 0.5) is 4.79 Å². The summed E-state index contributed by atoms with van der Waals surface area (Å²) in [5.41, 5.74) is 0.573. The molecule has 0 aliphatic carbocycles. The van der Waals surface area contributed by atoms with Gasteiger partial charge in [0.1, 0.15) is 0 Å². The summed E-state index contributed by atoms with van der Waals surface area (Å²) in [6.45, 7) is 4.70. The third-order valence-electron chi connectivity index (χ3n) is 4.38. The number of Topliss-reactive ketones (excluding diaryl/α,β-unsaturated/α-hetero) is 1. The van der Waals surface area contributed by atoms with Gasteiger partial charge in [0.05, 0.1) is 5.75 Å². The van der Waals surface area contributed by atoms with Gasteiger partial charge in [-0.3, -0.25) is 14.9 Å². The molecule has 0 spiro atoms. The topological polar surface area (TPSA) is 82.1 Å². The number of nitrogens with zero attached hydrogens (tertiary/aromatic N) is 3. The number of thioether (sulfide) groups is 1. The number of urea groups is 1. The first kappa shape index (κ1) is 19.7. The van der Waals surface area contributed by atoms with Crippen molar-refractivity contribution in [3.05, 3.63) is 34.9 Å². The lowest BCUT2D eigenvalue weighted by Crippen LogP contribution is -2.63. The van der Waals surface area contributed by atoms with Gasteiger partial charge in [0.15, 0.2) is 23.2 Å². The number of amidine groups is 1. The molecular formula is C18H21ClN4O3S. The van der Waals surface area contributed by atoms with Crippen molar-refractivity contribution in [2.45, 2.75) is 26.1 Å². The molecule has 0 aromatic heterocycles. The first-order valence-corrected chi connectivity index (χ1v) is 9.98. The Morgan fingerprint density at radius 3 is 2.59 bits per heavy atom. The average molecular weight is 409 g/mol. The number of halogens is 1. The number of nitrogens with one attached hydrogen (secondary N) is 1. The molecule has 9 heteroatoms. The highest BCUT2D eigenvalue weighted by Crippen LogP contribution is 2.29. The molecule has 1 aromatic carbocycles. The lowest BCUT2D eigenvalue weighted by atomic mass is 10.1. The number of hydrogen-bond donors (Lipinski definition) is 1. The number of carbonyl (C=O) groups excluding carboxylic acids is 3. The Bertz CT molecular complexity index is 796. The van der Waals surface area contributed by atoms with E-state index in [1.807, 2.05) is 18.7 Å². The van der Waals surface area contributed by atoms with E-state index >= 15 is 0 Å². The molecule has 2 heterocycles. The van der Waals surface area contributed by atoms with Crippen molar-refractivity contribution in [3.63, 3.8) is 0 Å². The molecule has 144 valence electrons. The maximum absolute atomic E-state index is 12.5. The van der Waals surface area contributed by atoms with E-state index in [1.165, 1.54) is 16.7 Å². The smallest absolute Gasteiger partial charge is 0.325 e. The molecule has 0 radical (unpaired) electrons. The summed E-state index contributed by atoms with van der Waals surface area (Å²) < 4.78 is 0. The number of benzene rings is 1. The van der Waals surface area contributed by atoms with Crippen LogP contribution in [0.15, 0.2) is 29.3 Å². The summed E-state index contributed by atoms with van der Waals surface area (Å²) in [6, 6.07) is 5.70. The minimum Gasteiger partial charge on any atom is -0.335 e. The maximum atomic E-state index is 12.5. The molecular weight excluding hydrogens is 388 g/mol. The van der Waals surface area contributed by atoms with Gasteiger partial charge in [-0.05, 0) is 30.2 Å². The molecule has 2 aliphatic rings. The number of carbonyl (C=O) groups is 3. The van der Waals surface area contributed by atoms with Gasteiger partial charge in [-0.15, -0.1) is 0 Å². The molecule has 0 saturated carbocycles. The third kappa shape index (κ3) is 4.11. The fraction of sp³-hybridized carbons (Fsp3) is 0.444. The molecule has 1 fully saturated rings. The van der Waals surface area contributed by atoms with E-state index in [0.29, 0.717) is 22.3 Å². The number of ketones is 1. The molecule has 3 rings (SSSR count). The fourth-order valence-electron chi connectivity index (χ4n) is 3.06. The van der Waals surface area contributed by atoms with Crippen molar-refractivity contribution in [2.24, 2.45) is 10.9 Å². The van der Waals surface area contributed by atoms with Gasteiger partial charge in [0, 0.05) is 24.2 Å². The van der Waals surface area contributed by atoms with Gasteiger partial charge in [-0.1, -0.05) is 37.2 Å². The van der Waals surface area contributed by atoms with E-state index in [4.69, 9.17) is 11.6 Å². The van der Waals surface area contributed by atoms with Crippen LogP contribution in [0.25, 0.3) is 0 Å². The highest BCUT2D eigenvalue weighted by molar-refractivity contribution is 8.14. The van der Waals surface area contributed by atoms with Gasteiger partial charge >= 0.3 is 6.03 Å². The van der Waals surface area contributed by atoms with E-state index in [2.05, 4.69) is 10.3 Å². The Kier molecular flexibility index (Phi) is 5.76. The van der Waals surface area contributed by atoms with E-state index in [9.17, 15) is 14.4 Å². The highest BCUT2D eigenvalue weighted by atomic mass is 35.5. The summed E-state index contributed by atoms with van der Waals surface area (Å²) in [4.78, 5) is 44.7. The summed E-state index contributed by atoms with van der Waals surface area (Å²) in [5, 5.41) is 3.55. The maximum Gasteiger partial charge on any atom is 0.325 e. The van der Waals surface area contributed by atoms with Crippen molar-refractivity contribution in [3.8, 4) is 0 Å². The predicted molar refractivity (Wildman–Crippen MR) is 106 cm³/mol. The first-order chi connectivity index (χ1) is 12.8. The lowest BCUT2D eigenvalue weighted by molar-refractivity contribution is -0.127. The van der Waals surface area contributed by atoms with E-state index < -0.39 is 18.2 Å².